The van der Waals surface area contributed by atoms with Crippen LogP contribution in [0.5, 0.6) is 5.75 Å². The van der Waals surface area contributed by atoms with Crippen molar-refractivity contribution in [2.75, 3.05) is 31.1 Å². The van der Waals surface area contributed by atoms with Crippen LogP contribution >= 0.6 is 23.7 Å². The van der Waals surface area contributed by atoms with Crippen LogP contribution in [0, 0.1) is 0 Å². The van der Waals surface area contributed by atoms with E-state index in [4.69, 9.17) is 4.74 Å². The number of benzene rings is 1. The molecular formula is C18H18ClF3N4OS. The van der Waals surface area contributed by atoms with E-state index in [9.17, 15) is 13.2 Å². The molecular weight excluding hydrogens is 413 g/mol. The lowest BCUT2D eigenvalue weighted by Gasteiger charge is -2.35. The molecule has 0 bridgehead atoms. The maximum Gasteiger partial charge on any atom is 0.416 e. The normalized spacial score (nSPS) is 17.4. The third kappa shape index (κ3) is 4.48. The fourth-order valence-electron chi connectivity index (χ4n) is 3.00. The summed E-state index contributed by atoms with van der Waals surface area (Å²) in [5, 5.41) is 4.04. The summed E-state index contributed by atoms with van der Waals surface area (Å²) in [6, 6.07) is 7.37. The molecule has 5 nitrogen and oxygen atoms in total. The molecule has 1 atom stereocenters. The highest BCUT2D eigenvalue weighted by atomic mass is 35.5. The Morgan fingerprint density at radius 2 is 2.14 bits per heavy atom. The number of hydrogen-bond acceptors (Lipinski definition) is 6. The fourth-order valence-corrected chi connectivity index (χ4v) is 4.04. The second-order valence-electron chi connectivity index (χ2n) is 6.23. The largest absolute Gasteiger partial charge is 0.490 e. The van der Waals surface area contributed by atoms with Crippen LogP contribution in [-0.4, -0.2) is 42.3 Å². The van der Waals surface area contributed by atoms with Gasteiger partial charge in [-0.25, -0.2) is 4.98 Å². The number of piperazine rings is 1. The number of anilines is 1. The van der Waals surface area contributed by atoms with Crippen LogP contribution in [0.1, 0.15) is 5.56 Å². The second kappa shape index (κ2) is 8.50. The molecule has 0 radical (unpaired) electrons. The van der Waals surface area contributed by atoms with Gasteiger partial charge in [-0.05, 0) is 30.3 Å². The standard InChI is InChI=1S/C18H17F3N4OS.ClH/c19-18(20,21)12-3-4-16-15(8-12)24-17(27-16)25-7-6-23-9-13(25)11-26-14-2-1-5-22-10-14;/h1-5,8,10,13,23H,6-7,9,11H2;1H. The molecule has 3 heterocycles. The molecule has 1 N–H and O–H groups in total. The third-order valence-corrected chi connectivity index (χ3v) is 5.45. The van der Waals surface area contributed by atoms with Gasteiger partial charge in [0.15, 0.2) is 5.13 Å². The van der Waals surface area contributed by atoms with Crippen LogP contribution in [0.3, 0.4) is 0 Å². The van der Waals surface area contributed by atoms with Gasteiger partial charge in [0, 0.05) is 25.8 Å². The monoisotopic (exact) mass is 430 g/mol. The summed E-state index contributed by atoms with van der Waals surface area (Å²) in [7, 11) is 0. The Morgan fingerprint density at radius 3 is 2.89 bits per heavy atom. The van der Waals surface area contributed by atoms with Gasteiger partial charge in [-0.15, -0.1) is 12.4 Å². The third-order valence-electron chi connectivity index (χ3n) is 4.38. The average molecular weight is 431 g/mol. The predicted molar refractivity (Wildman–Crippen MR) is 106 cm³/mol. The summed E-state index contributed by atoms with van der Waals surface area (Å²) in [5.74, 6) is 0.683. The van der Waals surface area contributed by atoms with Crippen molar-refractivity contribution >= 4 is 39.1 Å². The van der Waals surface area contributed by atoms with Crippen LogP contribution in [0.4, 0.5) is 18.3 Å². The maximum absolute atomic E-state index is 12.9. The number of halogens is 4. The molecule has 1 saturated heterocycles. The number of rotatable bonds is 4. The van der Waals surface area contributed by atoms with E-state index in [0.717, 1.165) is 23.4 Å². The van der Waals surface area contributed by atoms with Crippen molar-refractivity contribution in [1.82, 2.24) is 15.3 Å². The first-order chi connectivity index (χ1) is 13.0. The molecule has 1 unspecified atom stereocenters. The Bertz CT molecular complexity index is 922. The number of aromatic nitrogens is 2. The Balaban J connectivity index is 0.00000225. The molecule has 3 aromatic rings. The van der Waals surface area contributed by atoms with Gasteiger partial charge in [-0.3, -0.25) is 4.98 Å². The summed E-state index contributed by atoms with van der Waals surface area (Å²) < 4.78 is 45.4. The van der Waals surface area contributed by atoms with Gasteiger partial charge in [-0.2, -0.15) is 13.2 Å². The van der Waals surface area contributed by atoms with Gasteiger partial charge in [0.05, 0.1) is 28.0 Å². The van der Waals surface area contributed by atoms with E-state index in [2.05, 4.69) is 20.2 Å². The summed E-state index contributed by atoms with van der Waals surface area (Å²) >= 11 is 1.40. The average Bonchev–Trinajstić information content (AvgIpc) is 3.10. The highest BCUT2D eigenvalue weighted by Gasteiger charge is 2.31. The quantitative estimate of drug-likeness (QED) is 0.678. The van der Waals surface area contributed by atoms with Crippen LogP contribution in [-0.2, 0) is 6.18 Å². The lowest BCUT2D eigenvalue weighted by Crippen LogP contribution is -2.54. The van der Waals surface area contributed by atoms with Crippen LogP contribution in [0.15, 0.2) is 42.7 Å². The second-order valence-corrected chi connectivity index (χ2v) is 7.24. The van der Waals surface area contributed by atoms with Crippen molar-refractivity contribution in [3.8, 4) is 5.75 Å². The number of thiazole rings is 1. The van der Waals surface area contributed by atoms with Crippen molar-refractivity contribution in [2.45, 2.75) is 12.2 Å². The summed E-state index contributed by atoms with van der Waals surface area (Å²) in [5.41, 5.74) is -0.307. The van der Waals surface area contributed by atoms with Gasteiger partial charge >= 0.3 is 6.18 Å². The highest BCUT2D eigenvalue weighted by molar-refractivity contribution is 7.22. The number of pyridine rings is 1. The van der Waals surface area contributed by atoms with Gasteiger partial charge in [0.2, 0.25) is 0 Å². The zero-order chi connectivity index (χ0) is 18.9. The Labute approximate surface area is 170 Å². The molecule has 1 aromatic carbocycles. The van der Waals surface area contributed by atoms with Crippen LogP contribution < -0.4 is 15.0 Å². The van der Waals surface area contributed by atoms with Crippen LogP contribution in [0.2, 0.25) is 0 Å². The zero-order valence-corrected chi connectivity index (χ0v) is 16.3. The van der Waals surface area contributed by atoms with E-state index < -0.39 is 11.7 Å². The molecule has 10 heteroatoms. The molecule has 28 heavy (non-hydrogen) atoms. The van der Waals surface area contributed by atoms with Gasteiger partial charge in [0.25, 0.3) is 0 Å². The zero-order valence-electron chi connectivity index (χ0n) is 14.6. The molecule has 2 aromatic heterocycles. The number of ether oxygens (including phenoxy) is 1. The predicted octanol–water partition coefficient (Wildman–Crippen LogP) is 3.99. The molecule has 150 valence electrons. The first-order valence-corrected chi connectivity index (χ1v) is 9.30. The first kappa shape index (κ1) is 20.6. The Morgan fingerprint density at radius 1 is 1.29 bits per heavy atom. The van der Waals surface area contributed by atoms with Crippen molar-refractivity contribution in [3.63, 3.8) is 0 Å². The minimum atomic E-state index is -4.37. The molecule has 0 saturated carbocycles. The molecule has 1 aliphatic heterocycles. The SMILES string of the molecule is Cl.FC(F)(F)c1ccc2sc(N3CCNCC3COc3cccnc3)nc2c1. The van der Waals surface area contributed by atoms with E-state index in [1.807, 2.05) is 6.07 Å². The number of hydrogen-bond donors (Lipinski definition) is 1. The molecule has 0 spiro atoms. The number of nitrogens with one attached hydrogen (secondary N) is 1. The maximum atomic E-state index is 12.9. The topological polar surface area (TPSA) is 50.3 Å². The summed E-state index contributed by atoms with van der Waals surface area (Å²) in [4.78, 5) is 10.6. The van der Waals surface area contributed by atoms with Crippen LogP contribution in [0.25, 0.3) is 10.2 Å². The summed E-state index contributed by atoms with van der Waals surface area (Å²) in [6.07, 6.45) is -1.04. The van der Waals surface area contributed by atoms with Crippen molar-refractivity contribution in [2.24, 2.45) is 0 Å². The minimum absolute atomic E-state index is 0. The highest BCUT2D eigenvalue weighted by Crippen LogP contribution is 2.35. The molecule has 0 amide bonds. The molecule has 1 fully saturated rings. The molecule has 4 rings (SSSR count). The number of nitrogens with zero attached hydrogens (tertiary/aromatic N) is 3. The van der Waals surface area contributed by atoms with Gasteiger partial charge < -0.3 is 15.0 Å². The smallest absolute Gasteiger partial charge is 0.416 e. The molecule has 1 aliphatic rings. The van der Waals surface area contributed by atoms with Crippen molar-refractivity contribution < 1.29 is 17.9 Å². The fraction of sp³-hybridized carbons (Fsp3) is 0.333. The van der Waals surface area contributed by atoms with Gasteiger partial charge in [-0.1, -0.05) is 11.3 Å². The van der Waals surface area contributed by atoms with E-state index in [1.165, 1.54) is 17.4 Å². The van der Waals surface area contributed by atoms with E-state index in [0.29, 0.717) is 36.1 Å². The lowest BCUT2D eigenvalue weighted by atomic mass is 10.2. The van der Waals surface area contributed by atoms with Gasteiger partial charge in [0.1, 0.15) is 12.4 Å². The van der Waals surface area contributed by atoms with Crippen molar-refractivity contribution in [3.05, 3.63) is 48.3 Å². The lowest BCUT2D eigenvalue weighted by molar-refractivity contribution is -0.137. The Hall–Kier alpha value is -2.10. The van der Waals surface area contributed by atoms with E-state index in [1.54, 1.807) is 18.5 Å². The van der Waals surface area contributed by atoms with E-state index >= 15 is 0 Å². The number of alkyl halides is 3. The number of fused-ring (bicyclic) bond motifs is 1. The Kier molecular flexibility index (Phi) is 6.26. The minimum Gasteiger partial charge on any atom is -0.490 e. The first-order valence-electron chi connectivity index (χ1n) is 8.49. The summed E-state index contributed by atoms with van der Waals surface area (Å²) in [6.45, 7) is 2.65. The van der Waals surface area contributed by atoms with Crippen molar-refractivity contribution in [1.29, 1.82) is 0 Å². The van der Waals surface area contributed by atoms with E-state index in [-0.39, 0.29) is 18.4 Å². The molecule has 0 aliphatic carbocycles.